The second-order valence-electron chi connectivity index (χ2n) is 6.12. The van der Waals surface area contributed by atoms with Crippen LogP contribution in [0.5, 0.6) is 11.5 Å². The van der Waals surface area contributed by atoms with Gasteiger partial charge in [-0.05, 0) is 48.0 Å². The van der Waals surface area contributed by atoms with E-state index >= 15 is 0 Å². The van der Waals surface area contributed by atoms with E-state index in [0.717, 1.165) is 6.07 Å². The Kier molecular flexibility index (Phi) is 5.98. The summed E-state index contributed by atoms with van der Waals surface area (Å²) in [5, 5.41) is 20.3. The van der Waals surface area contributed by atoms with Crippen LogP contribution >= 0.6 is 46.4 Å². The third-order valence-corrected chi connectivity index (χ3v) is 7.05. The Morgan fingerprint density at radius 1 is 0.793 bits per heavy atom. The molecule has 0 amide bonds. The van der Waals surface area contributed by atoms with Crippen LogP contribution in [0, 0.1) is 0 Å². The van der Waals surface area contributed by atoms with Gasteiger partial charge in [-0.25, -0.2) is 0 Å². The molecule has 0 radical (unpaired) electrons. The molecule has 0 aromatic heterocycles. The van der Waals surface area contributed by atoms with Gasteiger partial charge in [0.25, 0.3) is 10.1 Å². The van der Waals surface area contributed by atoms with Gasteiger partial charge in [0.2, 0.25) is 0 Å². The first-order valence-electron chi connectivity index (χ1n) is 7.89. The number of benzene rings is 3. The second-order valence-corrected chi connectivity index (χ2v) is 9.34. The monoisotopic (exact) mass is 492 g/mol. The molecule has 0 saturated carbocycles. The first kappa shape index (κ1) is 22.0. The minimum absolute atomic E-state index is 0.0316. The van der Waals surface area contributed by atoms with Crippen LogP contribution in [0.2, 0.25) is 20.1 Å². The topological polar surface area (TPSA) is 94.8 Å². The predicted molar refractivity (Wildman–Crippen MR) is 114 cm³/mol. The first-order chi connectivity index (χ1) is 13.5. The summed E-state index contributed by atoms with van der Waals surface area (Å²) in [6, 6.07) is 11.3. The third-order valence-electron chi connectivity index (χ3n) is 4.35. The molecule has 0 aliphatic rings. The van der Waals surface area contributed by atoms with Crippen molar-refractivity contribution in [3.63, 3.8) is 0 Å². The highest BCUT2D eigenvalue weighted by atomic mass is 35.5. The maximum absolute atomic E-state index is 13.0. The van der Waals surface area contributed by atoms with E-state index in [2.05, 4.69) is 0 Å². The van der Waals surface area contributed by atoms with Crippen LogP contribution in [0.3, 0.4) is 0 Å². The first-order valence-corrected chi connectivity index (χ1v) is 10.8. The molecule has 29 heavy (non-hydrogen) atoms. The molecular weight excluding hydrogens is 482 g/mol. The fraction of sp³-hybridized carbons (Fsp3) is 0.0526. The number of aromatic hydroxyl groups is 2. The average Bonchev–Trinajstić information content (AvgIpc) is 2.61. The summed E-state index contributed by atoms with van der Waals surface area (Å²) < 4.78 is 33.9. The van der Waals surface area contributed by atoms with Gasteiger partial charge >= 0.3 is 0 Å². The highest BCUT2D eigenvalue weighted by molar-refractivity contribution is 7.87. The Morgan fingerprint density at radius 2 is 1.45 bits per heavy atom. The van der Waals surface area contributed by atoms with Gasteiger partial charge in [0.15, 0.2) is 4.75 Å². The van der Waals surface area contributed by atoms with E-state index < -0.39 is 20.6 Å². The molecule has 0 bridgehead atoms. The fourth-order valence-electron chi connectivity index (χ4n) is 3.21. The lowest BCUT2D eigenvalue weighted by atomic mass is 9.83. The lowest BCUT2D eigenvalue weighted by molar-refractivity contribution is 0.439. The number of hydrogen-bond acceptors (Lipinski definition) is 4. The molecule has 3 N–H and O–H groups in total. The molecule has 5 nitrogen and oxygen atoms in total. The van der Waals surface area contributed by atoms with Crippen LogP contribution in [0.25, 0.3) is 0 Å². The maximum Gasteiger partial charge on any atom is 0.283 e. The highest BCUT2D eigenvalue weighted by Gasteiger charge is 2.52. The molecule has 1 unspecified atom stereocenters. The quantitative estimate of drug-likeness (QED) is 0.239. The van der Waals surface area contributed by atoms with Crippen LogP contribution in [0.1, 0.15) is 16.7 Å². The van der Waals surface area contributed by atoms with E-state index in [1.165, 1.54) is 48.5 Å². The minimum Gasteiger partial charge on any atom is -0.508 e. The van der Waals surface area contributed by atoms with Crippen LogP contribution < -0.4 is 0 Å². The molecule has 152 valence electrons. The van der Waals surface area contributed by atoms with Crippen molar-refractivity contribution < 1.29 is 23.2 Å². The number of phenols is 2. The Labute approximate surface area is 186 Å². The number of rotatable bonds is 4. The molecule has 0 heterocycles. The Balaban J connectivity index is 2.65. The molecule has 10 heteroatoms. The van der Waals surface area contributed by atoms with Gasteiger partial charge in [-0.15, -0.1) is 0 Å². The number of hydrogen-bond donors (Lipinski definition) is 3. The predicted octanol–water partition coefficient (Wildman–Crippen LogP) is 5.89. The van der Waals surface area contributed by atoms with E-state index in [1.54, 1.807) is 0 Å². The van der Waals surface area contributed by atoms with Crippen LogP contribution in [0.15, 0.2) is 54.6 Å². The van der Waals surface area contributed by atoms with E-state index in [4.69, 9.17) is 46.4 Å². The van der Waals surface area contributed by atoms with Crippen LogP contribution in [0.4, 0.5) is 0 Å². The normalized spacial score (nSPS) is 13.8. The van der Waals surface area contributed by atoms with E-state index in [0.29, 0.717) is 0 Å². The zero-order valence-electron chi connectivity index (χ0n) is 14.3. The zero-order chi connectivity index (χ0) is 21.6. The standard InChI is InChI=1S/C19H12Cl4O5S/c20-11-4-5-17(25)14(7-11)19(29(26,27)28,10-2-1-3-13(24)6-10)15-8-12(21)9-16(22)18(15)23/h1-9,24-25H,(H,26,27,28). The molecule has 1 atom stereocenters. The summed E-state index contributed by atoms with van der Waals surface area (Å²) >= 11 is 24.6. The van der Waals surface area contributed by atoms with Crippen molar-refractivity contribution in [2.24, 2.45) is 0 Å². The van der Waals surface area contributed by atoms with E-state index in [-0.39, 0.29) is 42.5 Å². The molecule has 3 aromatic rings. The molecule has 0 aliphatic heterocycles. The average molecular weight is 494 g/mol. The van der Waals surface area contributed by atoms with Gasteiger partial charge < -0.3 is 10.2 Å². The highest BCUT2D eigenvalue weighted by Crippen LogP contribution is 2.51. The lowest BCUT2D eigenvalue weighted by Gasteiger charge is -2.34. The van der Waals surface area contributed by atoms with Gasteiger partial charge in [-0.2, -0.15) is 8.42 Å². The largest absolute Gasteiger partial charge is 0.508 e. The Hall–Kier alpha value is -1.67. The molecule has 0 aliphatic carbocycles. The van der Waals surface area contributed by atoms with Crippen molar-refractivity contribution in [2.75, 3.05) is 0 Å². The van der Waals surface area contributed by atoms with Crippen molar-refractivity contribution in [1.29, 1.82) is 0 Å². The number of halogens is 4. The lowest BCUT2D eigenvalue weighted by Crippen LogP contribution is -2.38. The summed E-state index contributed by atoms with van der Waals surface area (Å²) in [6.45, 7) is 0. The second kappa shape index (κ2) is 7.87. The fourth-order valence-corrected chi connectivity index (χ4v) is 5.49. The zero-order valence-corrected chi connectivity index (χ0v) is 18.1. The van der Waals surface area contributed by atoms with Crippen molar-refractivity contribution in [1.82, 2.24) is 0 Å². The summed E-state index contributed by atoms with van der Waals surface area (Å²) in [4.78, 5) is 0. The Morgan fingerprint density at radius 3 is 2.07 bits per heavy atom. The van der Waals surface area contributed by atoms with Gasteiger partial charge in [0, 0.05) is 21.2 Å². The number of phenolic OH excluding ortho intramolecular Hbond substituents is 2. The van der Waals surface area contributed by atoms with Gasteiger partial charge in [0.05, 0.1) is 10.0 Å². The third kappa shape index (κ3) is 3.77. The van der Waals surface area contributed by atoms with Gasteiger partial charge in [-0.3, -0.25) is 4.55 Å². The van der Waals surface area contributed by atoms with E-state index in [1.807, 2.05) is 0 Å². The Bertz CT molecular complexity index is 1210. The molecule has 3 rings (SSSR count). The summed E-state index contributed by atoms with van der Waals surface area (Å²) in [7, 11) is -5.13. The van der Waals surface area contributed by atoms with Crippen LogP contribution in [-0.2, 0) is 14.9 Å². The maximum atomic E-state index is 13.0. The summed E-state index contributed by atoms with van der Waals surface area (Å²) in [5.41, 5.74) is -0.668. The SMILES string of the molecule is O=S(=O)(O)C(c1cccc(O)c1)(c1cc(Cl)ccc1O)c1cc(Cl)cc(Cl)c1Cl. The summed E-state index contributed by atoms with van der Waals surface area (Å²) in [6.07, 6.45) is 0. The van der Waals surface area contributed by atoms with E-state index in [9.17, 15) is 23.2 Å². The smallest absolute Gasteiger partial charge is 0.283 e. The molecule has 0 fully saturated rings. The molecule has 3 aromatic carbocycles. The van der Waals surface area contributed by atoms with Gasteiger partial charge in [-0.1, -0.05) is 58.5 Å². The molecule has 0 spiro atoms. The van der Waals surface area contributed by atoms with Gasteiger partial charge in [0.1, 0.15) is 11.5 Å². The van der Waals surface area contributed by atoms with Crippen LogP contribution in [-0.4, -0.2) is 23.2 Å². The van der Waals surface area contributed by atoms with Crippen molar-refractivity contribution in [2.45, 2.75) is 4.75 Å². The van der Waals surface area contributed by atoms with Crippen molar-refractivity contribution >= 4 is 56.5 Å². The minimum atomic E-state index is -5.13. The molecular formula is C19H12Cl4O5S. The van der Waals surface area contributed by atoms with Crippen molar-refractivity contribution in [3.05, 3.63) is 91.4 Å². The summed E-state index contributed by atoms with van der Waals surface area (Å²) in [5.74, 6) is -0.788. The molecule has 0 saturated heterocycles. The van der Waals surface area contributed by atoms with Crippen molar-refractivity contribution in [3.8, 4) is 11.5 Å².